The Balaban J connectivity index is 2.41. The van der Waals surface area contributed by atoms with E-state index in [9.17, 15) is 8.42 Å². The van der Waals surface area contributed by atoms with Crippen molar-refractivity contribution in [3.05, 3.63) is 30.3 Å². The van der Waals surface area contributed by atoms with E-state index in [-0.39, 0.29) is 11.5 Å². The van der Waals surface area contributed by atoms with Crippen LogP contribution in [0.1, 0.15) is 19.3 Å². The monoisotopic (exact) mass is 242 g/mol. The number of rotatable bonds is 7. The molecule has 4 nitrogen and oxygen atoms in total. The second-order valence-electron chi connectivity index (χ2n) is 3.42. The number of sulfonamides is 1. The quantitative estimate of drug-likeness (QED) is 0.699. The molecule has 0 aliphatic carbocycles. The molecule has 0 bridgehead atoms. The van der Waals surface area contributed by atoms with Gasteiger partial charge in [0.05, 0.1) is 4.90 Å². The van der Waals surface area contributed by atoms with E-state index < -0.39 is 10.0 Å². The van der Waals surface area contributed by atoms with Gasteiger partial charge in [-0.3, -0.25) is 0 Å². The van der Waals surface area contributed by atoms with E-state index in [2.05, 4.69) is 10.8 Å². The van der Waals surface area contributed by atoms with Crippen LogP contribution in [0.4, 0.5) is 0 Å². The Morgan fingerprint density at radius 3 is 2.50 bits per heavy atom. The van der Waals surface area contributed by atoms with Gasteiger partial charge in [0.15, 0.2) is 0 Å². The number of aliphatic hydroxyl groups is 1. The standard InChI is InChI=1S/C11H16NO3S/c13-10-6-2-5-9-12-16(14,15)11-7-3-1-4-8-11/h3-4,7-8,12-13H,2,5-6,9-10H2. The summed E-state index contributed by atoms with van der Waals surface area (Å²) in [6.45, 7) is 0.558. The Hall–Kier alpha value is -0.910. The smallest absolute Gasteiger partial charge is 0.240 e. The molecule has 0 heterocycles. The van der Waals surface area contributed by atoms with Crippen LogP contribution in [0.25, 0.3) is 0 Å². The lowest BCUT2D eigenvalue weighted by molar-refractivity contribution is 0.283. The topological polar surface area (TPSA) is 66.4 Å². The molecule has 1 rings (SSSR count). The minimum Gasteiger partial charge on any atom is -0.396 e. The Morgan fingerprint density at radius 2 is 1.88 bits per heavy atom. The van der Waals surface area contributed by atoms with Crippen LogP contribution in [0.3, 0.4) is 0 Å². The van der Waals surface area contributed by atoms with Crippen molar-refractivity contribution < 1.29 is 13.5 Å². The third-order valence-corrected chi connectivity index (χ3v) is 3.60. The molecule has 2 N–H and O–H groups in total. The zero-order valence-electron chi connectivity index (χ0n) is 9.02. The maximum atomic E-state index is 11.7. The highest BCUT2D eigenvalue weighted by Crippen LogP contribution is 2.06. The van der Waals surface area contributed by atoms with E-state index in [1.54, 1.807) is 12.1 Å². The molecular formula is C11H16NO3S. The van der Waals surface area contributed by atoms with E-state index in [0.29, 0.717) is 13.0 Å². The van der Waals surface area contributed by atoms with Gasteiger partial charge < -0.3 is 5.11 Å². The summed E-state index contributed by atoms with van der Waals surface area (Å²) in [6, 6.07) is 8.93. The van der Waals surface area contributed by atoms with Crippen LogP contribution < -0.4 is 4.72 Å². The third kappa shape index (κ3) is 4.30. The average Bonchev–Trinajstić information content (AvgIpc) is 2.30. The van der Waals surface area contributed by atoms with Gasteiger partial charge in [-0.1, -0.05) is 12.1 Å². The summed E-state index contributed by atoms with van der Waals surface area (Å²) in [6.07, 6.45) is 2.27. The van der Waals surface area contributed by atoms with Crippen molar-refractivity contribution in [1.82, 2.24) is 4.72 Å². The molecule has 0 aromatic heterocycles. The zero-order valence-corrected chi connectivity index (χ0v) is 9.83. The predicted octanol–water partition coefficient (Wildman–Crippen LogP) is 0.928. The molecular weight excluding hydrogens is 226 g/mol. The maximum absolute atomic E-state index is 11.7. The Kier molecular flexibility index (Phi) is 5.45. The Bertz CT molecular complexity index is 389. The summed E-state index contributed by atoms with van der Waals surface area (Å²) in [5, 5.41) is 8.56. The molecule has 0 spiro atoms. The highest BCUT2D eigenvalue weighted by atomic mass is 32.2. The van der Waals surface area contributed by atoms with Crippen molar-refractivity contribution in [2.75, 3.05) is 13.2 Å². The van der Waals surface area contributed by atoms with Gasteiger partial charge in [0.1, 0.15) is 0 Å². The summed E-state index contributed by atoms with van der Waals surface area (Å²) in [5.41, 5.74) is 0. The minimum absolute atomic E-state index is 0.154. The molecule has 16 heavy (non-hydrogen) atoms. The van der Waals surface area contributed by atoms with E-state index in [4.69, 9.17) is 5.11 Å². The fourth-order valence-corrected chi connectivity index (χ4v) is 2.33. The number of unbranched alkanes of at least 4 members (excludes halogenated alkanes) is 2. The minimum atomic E-state index is -3.38. The summed E-state index contributed by atoms with van der Waals surface area (Å²) in [5.74, 6) is 0. The summed E-state index contributed by atoms with van der Waals surface area (Å²) in [4.78, 5) is 0.258. The first kappa shape index (κ1) is 13.2. The normalized spacial score (nSPS) is 11.6. The highest BCUT2D eigenvalue weighted by Gasteiger charge is 2.11. The van der Waals surface area contributed by atoms with Gasteiger partial charge in [0, 0.05) is 13.2 Å². The van der Waals surface area contributed by atoms with Crippen LogP contribution in [0.2, 0.25) is 0 Å². The molecule has 0 amide bonds. The van der Waals surface area contributed by atoms with Gasteiger partial charge in [-0.2, -0.15) is 0 Å². The number of hydrogen-bond acceptors (Lipinski definition) is 3. The van der Waals surface area contributed by atoms with Gasteiger partial charge in [0.2, 0.25) is 10.0 Å². The van der Waals surface area contributed by atoms with Crippen LogP contribution >= 0.6 is 0 Å². The molecule has 0 saturated heterocycles. The fourth-order valence-electron chi connectivity index (χ4n) is 1.25. The fraction of sp³-hybridized carbons (Fsp3) is 0.455. The van der Waals surface area contributed by atoms with Gasteiger partial charge in [-0.15, -0.1) is 0 Å². The van der Waals surface area contributed by atoms with E-state index in [0.717, 1.165) is 12.8 Å². The number of aliphatic hydroxyl groups excluding tert-OH is 1. The van der Waals surface area contributed by atoms with Crippen LogP contribution in [0, 0.1) is 6.07 Å². The first-order valence-electron chi connectivity index (χ1n) is 5.23. The van der Waals surface area contributed by atoms with Crippen LogP contribution in [0.15, 0.2) is 29.2 Å². The van der Waals surface area contributed by atoms with Crippen LogP contribution in [0.5, 0.6) is 0 Å². The number of benzene rings is 1. The zero-order chi connectivity index (χ0) is 11.9. The molecule has 0 aliphatic heterocycles. The average molecular weight is 242 g/mol. The van der Waals surface area contributed by atoms with E-state index in [1.165, 1.54) is 12.1 Å². The van der Waals surface area contributed by atoms with Crippen LogP contribution in [-0.2, 0) is 10.0 Å². The molecule has 5 heteroatoms. The molecule has 0 atom stereocenters. The first-order chi connectivity index (χ1) is 7.67. The predicted molar refractivity (Wildman–Crippen MR) is 61.4 cm³/mol. The summed E-state index contributed by atoms with van der Waals surface area (Å²) < 4.78 is 25.9. The molecule has 1 radical (unpaired) electrons. The van der Waals surface area contributed by atoms with Gasteiger partial charge in [-0.25, -0.2) is 13.1 Å². The van der Waals surface area contributed by atoms with E-state index in [1.807, 2.05) is 0 Å². The maximum Gasteiger partial charge on any atom is 0.240 e. The van der Waals surface area contributed by atoms with Crippen molar-refractivity contribution in [1.29, 1.82) is 0 Å². The lowest BCUT2D eigenvalue weighted by Crippen LogP contribution is -2.24. The Morgan fingerprint density at radius 1 is 1.19 bits per heavy atom. The van der Waals surface area contributed by atoms with Crippen molar-refractivity contribution in [2.24, 2.45) is 0 Å². The van der Waals surface area contributed by atoms with Gasteiger partial charge in [-0.05, 0) is 37.5 Å². The SMILES string of the molecule is O=S(=O)(NCCCCCO)c1cc[c]cc1. The summed E-state index contributed by atoms with van der Waals surface area (Å²) in [7, 11) is -3.38. The summed E-state index contributed by atoms with van der Waals surface area (Å²) >= 11 is 0. The molecule has 0 fully saturated rings. The molecule has 0 saturated carbocycles. The first-order valence-corrected chi connectivity index (χ1v) is 6.72. The molecule has 0 unspecified atom stereocenters. The van der Waals surface area contributed by atoms with Crippen molar-refractivity contribution in [3.63, 3.8) is 0 Å². The van der Waals surface area contributed by atoms with Gasteiger partial charge >= 0.3 is 0 Å². The third-order valence-electron chi connectivity index (χ3n) is 2.12. The molecule has 1 aromatic carbocycles. The Labute approximate surface area is 96.4 Å². The van der Waals surface area contributed by atoms with Crippen molar-refractivity contribution >= 4 is 10.0 Å². The number of hydrogen-bond donors (Lipinski definition) is 2. The lowest BCUT2D eigenvalue weighted by Gasteiger charge is -2.05. The largest absolute Gasteiger partial charge is 0.396 e. The number of nitrogens with one attached hydrogen (secondary N) is 1. The second kappa shape index (κ2) is 6.62. The van der Waals surface area contributed by atoms with Crippen molar-refractivity contribution in [3.8, 4) is 0 Å². The van der Waals surface area contributed by atoms with Crippen molar-refractivity contribution in [2.45, 2.75) is 24.2 Å². The lowest BCUT2D eigenvalue weighted by atomic mass is 10.2. The van der Waals surface area contributed by atoms with E-state index >= 15 is 0 Å². The van der Waals surface area contributed by atoms with Gasteiger partial charge in [0.25, 0.3) is 0 Å². The molecule has 1 aromatic rings. The molecule has 0 aliphatic rings. The highest BCUT2D eigenvalue weighted by molar-refractivity contribution is 7.89. The second-order valence-corrected chi connectivity index (χ2v) is 5.18. The van der Waals surface area contributed by atoms with Crippen LogP contribution in [-0.4, -0.2) is 26.7 Å². The molecule has 89 valence electrons.